The monoisotopic (exact) mass is 298 g/mol. The van der Waals surface area contributed by atoms with Gasteiger partial charge in [0.05, 0.1) is 18.5 Å². The van der Waals surface area contributed by atoms with Crippen LogP contribution in [-0.4, -0.2) is 40.9 Å². The first kappa shape index (κ1) is 16.9. The Bertz CT molecular complexity index is 524. The number of esters is 1. The third kappa shape index (κ3) is 3.71. The number of nitrogens with zero attached hydrogens (tertiary/aromatic N) is 4. The van der Waals surface area contributed by atoms with Crippen LogP contribution in [0.2, 0.25) is 0 Å². The highest BCUT2D eigenvalue weighted by molar-refractivity contribution is 5.70. The molecule has 0 saturated carbocycles. The van der Waals surface area contributed by atoms with Crippen LogP contribution < -0.4 is 4.90 Å². The van der Waals surface area contributed by atoms with E-state index >= 15 is 0 Å². The van der Waals surface area contributed by atoms with Crippen molar-refractivity contribution in [3.8, 4) is 0 Å². The zero-order valence-electron chi connectivity index (χ0n) is 13.1. The number of aromatic nitrogens is 2. The summed E-state index contributed by atoms with van der Waals surface area (Å²) in [5.74, 6) is 0.0994. The first-order valence-electron chi connectivity index (χ1n) is 6.88. The van der Waals surface area contributed by atoms with Gasteiger partial charge in [-0.1, -0.05) is 0 Å². The number of anilines is 1. The van der Waals surface area contributed by atoms with Gasteiger partial charge in [0, 0.05) is 19.1 Å². The highest BCUT2D eigenvalue weighted by Gasteiger charge is 2.30. The molecule has 1 aromatic heterocycles. The minimum atomic E-state index is -0.419. The summed E-state index contributed by atoms with van der Waals surface area (Å²) in [6, 6.07) is -0.0143. The van der Waals surface area contributed by atoms with Crippen LogP contribution in [0, 0.1) is 17.0 Å². The van der Waals surface area contributed by atoms with Gasteiger partial charge in [-0.05, 0) is 27.7 Å². The molecule has 0 fully saturated rings. The molecule has 21 heavy (non-hydrogen) atoms. The lowest BCUT2D eigenvalue weighted by molar-refractivity contribution is -0.384. The zero-order chi connectivity index (χ0) is 16.2. The van der Waals surface area contributed by atoms with Gasteiger partial charge in [0.2, 0.25) is 5.82 Å². The van der Waals surface area contributed by atoms with Crippen molar-refractivity contribution >= 4 is 17.5 Å². The second kappa shape index (κ2) is 7.05. The fourth-order valence-corrected chi connectivity index (χ4v) is 2.14. The number of methoxy groups -OCH3 is 1. The molecular weight excluding hydrogens is 276 g/mol. The largest absolute Gasteiger partial charge is 0.469 e. The maximum Gasteiger partial charge on any atom is 0.333 e. The lowest BCUT2D eigenvalue weighted by Crippen LogP contribution is -2.29. The molecule has 0 aliphatic heterocycles. The van der Waals surface area contributed by atoms with E-state index < -0.39 is 4.92 Å². The van der Waals surface area contributed by atoms with Crippen LogP contribution in [0.5, 0.6) is 0 Å². The normalized spacial score (nSPS) is 10.8. The number of hydrogen-bond acceptors (Lipinski definition) is 6. The minimum Gasteiger partial charge on any atom is -0.469 e. The van der Waals surface area contributed by atoms with E-state index in [1.54, 1.807) is 16.5 Å². The van der Waals surface area contributed by atoms with Crippen LogP contribution in [-0.2, 0) is 9.53 Å². The SMILES string of the molecule is CCN(CCC(=O)OC)c1c([N+](=O)[O-])c(C)nn1C(C)C. The maximum atomic E-state index is 11.3. The van der Waals surface area contributed by atoms with Crippen LogP contribution >= 0.6 is 0 Å². The molecule has 1 rings (SSSR count). The molecule has 0 bridgehead atoms. The molecule has 0 N–H and O–H groups in total. The molecule has 1 aromatic rings. The summed E-state index contributed by atoms with van der Waals surface area (Å²) >= 11 is 0. The van der Waals surface area contributed by atoms with Gasteiger partial charge >= 0.3 is 11.7 Å². The third-order valence-corrected chi connectivity index (χ3v) is 3.20. The van der Waals surface area contributed by atoms with Crippen molar-refractivity contribution in [2.24, 2.45) is 0 Å². The number of hydrogen-bond donors (Lipinski definition) is 0. The Hall–Kier alpha value is -2.12. The Labute approximate surface area is 123 Å². The van der Waals surface area contributed by atoms with Gasteiger partial charge < -0.3 is 9.64 Å². The average Bonchev–Trinajstić information content (AvgIpc) is 2.77. The predicted octanol–water partition coefficient (Wildman–Crippen LogP) is 2.07. The van der Waals surface area contributed by atoms with Crippen LogP contribution in [0.4, 0.5) is 11.5 Å². The number of nitro groups is 1. The summed E-state index contributed by atoms with van der Waals surface area (Å²) in [5, 5.41) is 15.6. The fourth-order valence-electron chi connectivity index (χ4n) is 2.14. The highest BCUT2D eigenvalue weighted by atomic mass is 16.6. The Morgan fingerprint density at radius 1 is 1.52 bits per heavy atom. The smallest absolute Gasteiger partial charge is 0.333 e. The Balaban J connectivity index is 3.22. The molecule has 0 aliphatic rings. The molecule has 1 heterocycles. The zero-order valence-corrected chi connectivity index (χ0v) is 13.1. The Morgan fingerprint density at radius 3 is 2.57 bits per heavy atom. The van der Waals surface area contributed by atoms with Gasteiger partial charge in [-0.2, -0.15) is 5.10 Å². The average molecular weight is 298 g/mol. The number of aryl methyl sites for hydroxylation is 1. The molecule has 0 saturated heterocycles. The van der Waals surface area contributed by atoms with Gasteiger partial charge in [0.25, 0.3) is 0 Å². The summed E-state index contributed by atoms with van der Waals surface area (Å²) in [6.07, 6.45) is 0.170. The Morgan fingerprint density at radius 2 is 2.14 bits per heavy atom. The van der Waals surface area contributed by atoms with Crippen molar-refractivity contribution in [1.29, 1.82) is 0 Å². The van der Waals surface area contributed by atoms with E-state index in [0.29, 0.717) is 24.6 Å². The first-order chi connectivity index (χ1) is 9.83. The van der Waals surface area contributed by atoms with Crippen molar-refractivity contribution in [2.45, 2.75) is 40.2 Å². The van der Waals surface area contributed by atoms with Crippen molar-refractivity contribution in [2.75, 3.05) is 25.1 Å². The van der Waals surface area contributed by atoms with E-state index in [1.165, 1.54) is 7.11 Å². The first-order valence-corrected chi connectivity index (χ1v) is 6.88. The molecular formula is C13H22N4O4. The molecule has 8 heteroatoms. The molecule has 0 amide bonds. The molecule has 118 valence electrons. The van der Waals surface area contributed by atoms with Gasteiger partial charge in [0.1, 0.15) is 5.69 Å². The highest BCUT2D eigenvalue weighted by Crippen LogP contribution is 2.33. The van der Waals surface area contributed by atoms with E-state index in [2.05, 4.69) is 9.84 Å². The van der Waals surface area contributed by atoms with E-state index in [-0.39, 0.29) is 24.1 Å². The fraction of sp³-hybridized carbons (Fsp3) is 0.692. The lowest BCUT2D eigenvalue weighted by Gasteiger charge is -2.23. The number of ether oxygens (including phenoxy) is 1. The number of rotatable bonds is 7. The van der Waals surface area contributed by atoms with Gasteiger partial charge in [0.15, 0.2) is 0 Å². The van der Waals surface area contributed by atoms with Crippen molar-refractivity contribution in [3.05, 3.63) is 15.8 Å². The van der Waals surface area contributed by atoms with Crippen LogP contribution in [0.15, 0.2) is 0 Å². The molecule has 0 aliphatic carbocycles. The summed E-state index contributed by atoms with van der Waals surface area (Å²) in [7, 11) is 1.32. The Kier molecular flexibility index (Phi) is 5.69. The standard InChI is InChI=1S/C13H22N4O4/c1-6-15(8-7-11(18)21-5)13-12(17(19)20)10(4)14-16(13)9(2)3/h9H,6-8H2,1-5H3. The van der Waals surface area contributed by atoms with Crippen LogP contribution in [0.1, 0.15) is 38.9 Å². The summed E-state index contributed by atoms with van der Waals surface area (Å²) in [6.45, 7) is 8.21. The molecule has 0 radical (unpaired) electrons. The van der Waals surface area contributed by atoms with E-state index in [4.69, 9.17) is 0 Å². The van der Waals surface area contributed by atoms with Crippen LogP contribution in [0.3, 0.4) is 0 Å². The molecule has 8 nitrogen and oxygen atoms in total. The van der Waals surface area contributed by atoms with Crippen molar-refractivity contribution in [3.63, 3.8) is 0 Å². The van der Waals surface area contributed by atoms with Gasteiger partial charge in [-0.15, -0.1) is 0 Å². The molecule has 0 unspecified atom stereocenters. The molecule has 0 atom stereocenters. The number of carbonyl (C=O) groups is 1. The number of carbonyl (C=O) groups excluding carboxylic acids is 1. The lowest BCUT2D eigenvalue weighted by atomic mass is 10.3. The van der Waals surface area contributed by atoms with Gasteiger partial charge in [-0.25, -0.2) is 4.68 Å². The summed E-state index contributed by atoms with van der Waals surface area (Å²) in [5.41, 5.74) is 0.371. The van der Waals surface area contributed by atoms with Crippen molar-refractivity contribution in [1.82, 2.24) is 9.78 Å². The minimum absolute atomic E-state index is 0.00424. The maximum absolute atomic E-state index is 11.3. The second-order valence-electron chi connectivity index (χ2n) is 4.96. The van der Waals surface area contributed by atoms with Crippen LogP contribution in [0.25, 0.3) is 0 Å². The predicted molar refractivity (Wildman–Crippen MR) is 78.5 cm³/mol. The van der Waals surface area contributed by atoms with E-state index in [1.807, 2.05) is 20.8 Å². The third-order valence-electron chi connectivity index (χ3n) is 3.20. The van der Waals surface area contributed by atoms with Crippen molar-refractivity contribution < 1.29 is 14.5 Å². The second-order valence-corrected chi connectivity index (χ2v) is 4.96. The topological polar surface area (TPSA) is 90.5 Å². The van der Waals surface area contributed by atoms with E-state index in [0.717, 1.165) is 0 Å². The summed E-state index contributed by atoms with van der Waals surface area (Å²) < 4.78 is 6.25. The van der Waals surface area contributed by atoms with E-state index in [9.17, 15) is 14.9 Å². The molecule has 0 aromatic carbocycles. The summed E-state index contributed by atoms with van der Waals surface area (Å²) in [4.78, 5) is 24.0. The quantitative estimate of drug-likeness (QED) is 0.435. The molecule has 0 spiro atoms. The van der Waals surface area contributed by atoms with Gasteiger partial charge in [-0.3, -0.25) is 14.9 Å².